The van der Waals surface area contributed by atoms with Gasteiger partial charge in [0.1, 0.15) is 11.8 Å². The largest absolute Gasteiger partial charge is 0.507 e. The first-order chi connectivity index (χ1) is 7.47. The van der Waals surface area contributed by atoms with E-state index in [4.69, 9.17) is 10.5 Å². The number of aromatic hydroxyl groups is 1. The molecule has 0 radical (unpaired) electrons. The summed E-state index contributed by atoms with van der Waals surface area (Å²) in [4.78, 5) is 11.4. The number of esters is 1. The van der Waals surface area contributed by atoms with Gasteiger partial charge in [-0.2, -0.15) is 0 Å². The predicted molar refractivity (Wildman–Crippen MR) is 61.1 cm³/mol. The van der Waals surface area contributed by atoms with Crippen LogP contribution in [0.1, 0.15) is 29.7 Å². The van der Waals surface area contributed by atoms with E-state index in [1.54, 1.807) is 32.9 Å². The van der Waals surface area contributed by atoms with Gasteiger partial charge in [0.05, 0.1) is 6.61 Å². The van der Waals surface area contributed by atoms with Crippen LogP contribution >= 0.6 is 0 Å². The maximum absolute atomic E-state index is 11.4. The molecule has 1 atom stereocenters. The lowest BCUT2D eigenvalue weighted by Crippen LogP contribution is -2.23. The number of hydrogen-bond acceptors (Lipinski definition) is 4. The Labute approximate surface area is 95.0 Å². The second kappa shape index (κ2) is 4.99. The monoisotopic (exact) mass is 223 g/mol. The number of hydrogen-bond donors (Lipinski definition) is 2. The Morgan fingerprint density at radius 2 is 1.94 bits per heavy atom. The molecule has 0 saturated heterocycles. The smallest absolute Gasteiger partial charge is 0.327 e. The summed E-state index contributed by atoms with van der Waals surface area (Å²) >= 11 is 0. The van der Waals surface area contributed by atoms with E-state index < -0.39 is 12.0 Å². The first kappa shape index (κ1) is 12.5. The Morgan fingerprint density at radius 1 is 1.44 bits per heavy atom. The molecule has 0 saturated carbocycles. The van der Waals surface area contributed by atoms with Crippen molar-refractivity contribution in [1.82, 2.24) is 0 Å². The SMILES string of the molecule is CCOC(=O)C(N)c1cc(C)c(O)c(C)c1. The minimum atomic E-state index is -0.794. The molecule has 0 spiro atoms. The van der Waals surface area contributed by atoms with E-state index >= 15 is 0 Å². The number of carbonyl (C=O) groups is 1. The van der Waals surface area contributed by atoms with Crippen LogP contribution in [0, 0.1) is 13.8 Å². The van der Waals surface area contributed by atoms with Crippen molar-refractivity contribution in [3.05, 3.63) is 28.8 Å². The summed E-state index contributed by atoms with van der Waals surface area (Å²) in [6.45, 7) is 5.58. The Hall–Kier alpha value is -1.55. The summed E-state index contributed by atoms with van der Waals surface area (Å²) in [6, 6.07) is 2.60. The van der Waals surface area contributed by atoms with Gasteiger partial charge in [-0.15, -0.1) is 0 Å². The molecule has 16 heavy (non-hydrogen) atoms. The molecule has 0 aromatic heterocycles. The molecular formula is C12H17NO3. The van der Waals surface area contributed by atoms with Crippen molar-refractivity contribution in [1.29, 1.82) is 0 Å². The van der Waals surface area contributed by atoms with Gasteiger partial charge in [0, 0.05) is 0 Å². The van der Waals surface area contributed by atoms with E-state index in [9.17, 15) is 9.90 Å². The average Bonchev–Trinajstić information content (AvgIpc) is 2.24. The van der Waals surface area contributed by atoms with Crippen LogP contribution in [0.4, 0.5) is 0 Å². The van der Waals surface area contributed by atoms with Crippen LogP contribution in [-0.4, -0.2) is 17.7 Å². The van der Waals surface area contributed by atoms with Gasteiger partial charge in [0.15, 0.2) is 0 Å². The van der Waals surface area contributed by atoms with Crippen molar-refractivity contribution < 1.29 is 14.6 Å². The second-order valence-electron chi connectivity index (χ2n) is 3.73. The van der Waals surface area contributed by atoms with E-state index in [1.807, 2.05) is 0 Å². The molecule has 0 bridgehead atoms. The summed E-state index contributed by atoms with van der Waals surface area (Å²) in [5.74, 6) is -0.216. The quantitative estimate of drug-likeness (QED) is 0.763. The number of ether oxygens (including phenoxy) is 1. The third-order valence-corrected chi connectivity index (χ3v) is 2.41. The Bertz CT molecular complexity index is 378. The number of nitrogens with two attached hydrogens (primary N) is 1. The van der Waals surface area contributed by atoms with Crippen molar-refractivity contribution in [3.63, 3.8) is 0 Å². The average molecular weight is 223 g/mol. The van der Waals surface area contributed by atoms with Crippen LogP contribution in [0.15, 0.2) is 12.1 Å². The molecule has 0 heterocycles. The standard InChI is InChI=1S/C12H17NO3/c1-4-16-12(15)10(13)9-5-7(2)11(14)8(3)6-9/h5-6,10,14H,4,13H2,1-3H3. The van der Waals surface area contributed by atoms with Crippen molar-refractivity contribution in [2.24, 2.45) is 5.73 Å². The highest BCUT2D eigenvalue weighted by Gasteiger charge is 2.18. The van der Waals surface area contributed by atoms with Crippen molar-refractivity contribution in [2.75, 3.05) is 6.61 Å². The van der Waals surface area contributed by atoms with E-state index in [1.165, 1.54) is 0 Å². The van der Waals surface area contributed by atoms with Gasteiger partial charge in [-0.3, -0.25) is 0 Å². The third kappa shape index (κ3) is 2.52. The van der Waals surface area contributed by atoms with Gasteiger partial charge >= 0.3 is 5.97 Å². The topological polar surface area (TPSA) is 72.5 Å². The Morgan fingerprint density at radius 3 is 2.38 bits per heavy atom. The van der Waals surface area contributed by atoms with Gasteiger partial charge in [0.2, 0.25) is 0 Å². The van der Waals surface area contributed by atoms with Crippen molar-refractivity contribution >= 4 is 5.97 Å². The third-order valence-electron chi connectivity index (χ3n) is 2.41. The van der Waals surface area contributed by atoms with E-state index in [0.717, 1.165) is 0 Å². The Kier molecular flexibility index (Phi) is 3.90. The molecule has 0 fully saturated rings. The molecule has 4 heteroatoms. The predicted octanol–water partition coefficient (Wildman–Crippen LogP) is 1.57. The van der Waals surface area contributed by atoms with Gasteiger partial charge in [-0.05, 0) is 37.5 Å². The summed E-state index contributed by atoms with van der Waals surface area (Å²) in [5.41, 5.74) is 7.82. The number of phenols is 1. The zero-order chi connectivity index (χ0) is 12.3. The maximum atomic E-state index is 11.4. The van der Waals surface area contributed by atoms with Crippen LogP contribution in [-0.2, 0) is 9.53 Å². The van der Waals surface area contributed by atoms with Crippen LogP contribution in [0.2, 0.25) is 0 Å². The normalized spacial score (nSPS) is 12.2. The molecule has 1 aromatic rings. The molecule has 0 aliphatic rings. The molecule has 3 N–H and O–H groups in total. The second-order valence-corrected chi connectivity index (χ2v) is 3.73. The van der Waals surface area contributed by atoms with Gasteiger partial charge in [0.25, 0.3) is 0 Å². The van der Waals surface area contributed by atoms with Crippen molar-refractivity contribution in [3.8, 4) is 5.75 Å². The highest BCUT2D eigenvalue weighted by atomic mass is 16.5. The fourth-order valence-corrected chi connectivity index (χ4v) is 1.54. The number of phenolic OH excluding ortho intramolecular Hbond substituents is 1. The van der Waals surface area contributed by atoms with Crippen LogP contribution in [0.3, 0.4) is 0 Å². The zero-order valence-electron chi connectivity index (χ0n) is 9.78. The molecule has 0 aliphatic heterocycles. The highest BCUT2D eigenvalue weighted by molar-refractivity contribution is 5.77. The van der Waals surface area contributed by atoms with Gasteiger partial charge in [-0.1, -0.05) is 12.1 Å². The molecule has 1 aromatic carbocycles. The van der Waals surface area contributed by atoms with Crippen LogP contribution in [0.25, 0.3) is 0 Å². The molecule has 0 aliphatic carbocycles. The van der Waals surface area contributed by atoms with E-state index in [0.29, 0.717) is 23.3 Å². The minimum Gasteiger partial charge on any atom is -0.507 e. The van der Waals surface area contributed by atoms with Crippen LogP contribution < -0.4 is 5.73 Å². The van der Waals surface area contributed by atoms with E-state index in [2.05, 4.69) is 0 Å². The molecule has 4 nitrogen and oxygen atoms in total. The van der Waals surface area contributed by atoms with E-state index in [-0.39, 0.29) is 5.75 Å². The van der Waals surface area contributed by atoms with Crippen molar-refractivity contribution in [2.45, 2.75) is 26.8 Å². The Balaban J connectivity index is 3.01. The number of aryl methyl sites for hydroxylation is 2. The maximum Gasteiger partial charge on any atom is 0.327 e. The molecule has 1 rings (SSSR count). The number of benzene rings is 1. The number of carbonyl (C=O) groups excluding carboxylic acids is 1. The van der Waals surface area contributed by atoms with Crippen LogP contribution in [0.5, 0.6) is 5.75 Å². The molecular weight excluding hydrogens is 206 g/mol. The zero-order valence-corrected chi connectivity index (χ0v) is 9.78. The minimum absolute atomic E-state index is 0.236. The van der Waals surface area contributed by atoms with Gasteiger partial charge in [-0.25, -0.2) is 4.79 Å². The number of rotatable bonds is 3. The van der Waals surface area contributed by atoms with Gasteiger partial charge < -0.3 is 15.6 Å². The molecule has 0 amide bonds. The summed E-state index contributed by atoms with van der Waals surface area (Å²) in [5, 5.41) is 9.60. The lowest BCUT2D eigenvalue weighted by Gasteiger charge is -2.13. The first-order valence-corrected chi connectivity index (χ1v) is 5.19. The lowest BCUT2D eigenvalue weighted by molar-refractivity contribution is -0.144. The summed E-state index contributed by atoms with van der Waals surface area (Å²) < 4.78 is 4.84. The highest BCUT2D eigenvalue weighted by Crippen LogP contribution is 2.25. The fourth-order valence-electron chi connectivity index (χ4n) is 1.54. The summed E-state index contributed by atoms with van der Waals surface area (Å²) in [7, 11) is 0. The molecule has 88 valence electrons. The lowest BCUT2D eigenvalue weighted by atomic mass is 10.0. The fraction of sp³-hybridized carbons (Fsp3) is 0.417. The molecule has 1 unspecified atom stereocenters. The first-order valence-electron chi connectivity index (χ1n) is 5.19. The summed E-state index contributed by atoms with van der Waals surface area (Å²) in [6.07, 6.45) is 0.